The van der Waals surface area contributed by atoms with Gasteiger partial charge in [0.2, 0.25) is 5.88 Å². The molecule has 2 aromatic rings. The molecule has 3 rings (SSSR count). The Kier molecular flexibility index (Phi) is 4.59. The predicted molar refractivity (Wildman–Crippen MR) is 86.5 cm³/mol. The zero-order valence-corrected chi connectivity index (χ0v) is 12.8. The molecule has 0 radical (unpaired) electrons. The number of hydrogen-bond donors (Lipinski definition) is 1. The van der Waals surface area contributed by atoms with Crippen LogP contribution in [0.4, 0.5) is 5.69 Å². The van der Waals surface area contributed by atoms with Crippen molar-refractivity contribution in [2.75, 3.05) is 5.32 Å². The molecule has 1 aromatic carbocycles. The zero-order chi connectivity index (χ0) is 15.4. The number of pyridine rings is 1. The van der Waals surface area contributed by atoms with Gasteiger partial charge in [-0.2, -0.15) is 0 Å². The molecule has 4 nitrogen and oxygen atoms in total. The maximum atomic E-state index is 12.1. The number of hydrogen-bond acceptors (Lipinski definition) is 3. The Bertz CT molecular complexity index is 635. The van der Waals surface area contributed by atoms with Gasteiger partial charge in [-0.25, -0.2) is 4.98 Å². The Morgan fingerprint density at radius 1 is 1.14 bits per heavy atom. The van der Waals surface area contributed by atoms with Crippen molar-refractivity contribution in [1.29, 1.82) is 0 Å². The molecule has 0 atom stereocenters. The van der Waals surface area contributed by atoms with E-state index in [4.69, 9.17) is 16.3 Å². The van der Waals surface area contributed by atoms with Crippen LogP contribution in [0.3, 0.4) is 0 Å². The van der Waals surface area contributed by atoms with E-state index in [0.717, 1.165) is 12.8 Å². The fourth-order valence-electron chi connectivity index (χ4n) is 2.50. The lowest BCUT2D eigenvalue weighted by molar-refractivity contribution is 0.102. The van der Waals surface area contributed by atoms with Gasteiger partial charge in [0.25, 0.3) is 5.91 Å². The van der Waals surface area contributed by atoms with Crippen LogP contribution in [0.5, 0.6) is 5.88 Å². The van der Waals surface area contributed by atoms with Crippen LogP contribution in [0.2, 0.25) is 5.02 Å². The van der Waals surface area contributed by atoms with Gasteiger partial charge in [0, 0.05) is 23.0 Å². The van der Waals surface area contributed by atoms with Gasteiger partial charge in [0.1, 0.15) is 6.10 Å². The number of anilines is 1. The second-order valence-corrected chi connectivity index (χ2v) is 5.81. The molecule has 1 amide bonds. The number of nitrogens with zero attached hydrogens (tertiary/aromatic N) is 1. The van der Waals surface area contributed by atoms with Crippen LogP contribution >= 0.6 is 11.6 Å². The minimum absolute atomic E-state index is 0.206. The van der Waals surface area contributed by atoms with Gasteiger partial charge in [-0.1, -0.05) is 11.6 Å². The summed E-state index contributed by atoms with van der Waals surface area (Å²) in [5.74, 6) is 0.372. The van der Waals surface area contributed by atoms with Gasteiger partial charge < -0.3 is 10.1 Å². The van der Waals surface area contributed by atoms with E-state index < -0.39 is 0 Å². The quantitative estimate of drug-likeness (QED) is 0.914. The molecule has 0 saturated heterocycles. The summed E-state index contributed by atoms with van der Waals surface area (Å²) in [7, 11) is 0. The largest absolute Gasteiger partial charge is 0.474 e. The van der Waals surface area contributed by atoms with Crippen molar-refractivity contribution < 1.29 is 9.53 Å². The normalized spacial score (nSPS) is 14.8. The summed E-state index contributed by atoms with van der Waals surface area (Å²) in [6.45, 7) is 0. The van der Waals surface area contributed by atoms with E-state index in [9.17, 15) is 4.79 Å². The molecule has 22 heavy (non-hydrogen) atoms. The van der Waals surface area contributed by atoms with Gasteiger partial charge in [-0.3, -0.25) is 4.79 Å². The number of halogens is 1. The highest BCUT2D eigenvalue weighted by Crippen LogP contribution is 2.23. The molecule has 0 aliphatic heterocycles. The Labute approximate surface area is 134 Å². The fourth-order valence-corrected chi connectivity index (χ4v) is 2.62. The Balaban J connectivity index is 1.61. The first-order valence-electron chi connectivity index (χ1n) is 7.40. The number of amides is 1. The first-order valence-corrected chi connectivity index (χ1v) is 7.78. The third kappa shape index (κ3) is 3.77. The molecule has 0 spiro atoms. The number of carbonyl (C=O) groups is 1. The molecule has 1 aliphatic carbocycles. The Hall–Kier alpha value is -2.07. The molecule has 114 valence electrons. The second-order valence-electron chi connectivity index (χ2n) is 5.37. The molecule has 5 heteroatoms. The van der Waals surface area contributed by atoms with E-state index >= 15 is 0 Å². The van der Waals surface area contributed by atoms with Crippen molar-refractivity contribution in [2.45, 2.75) is 31.8 Å². The smallest absolute Gasteiger partial charge is 0.257 e. The van der Waals surface area contributed by atoms with E-state index in [2.05, 4.69) is 10.3 Å². The number of benzene rings is 1. The summed E-state index contributed by atoms with van der Waals surface area (Å²) in [6, 6.07) is 10.4. The highest BCUT2D eigenvalue weighted by molar-refractivity contribution is 6.30. The first-order chi connectivity index (χ1) is 10.7. The molecule has 0 bridgehead atoms. The molecule has 1 aromatic heterocycles. The predicted octanol–water partition coefficient (Wildman–Crippen LogP) is 4.31. The van der Waals surface area contributed by atoms with Crippen molar-refractivity contribution >= 4 is 23.2 Å². The molecule has 1 fully saturated rings. The van der Waals surface area contributed by atoms with Crippen LogP contribution < -0.4 is 10.1 Å². The molecule has 1 heterocycles. The van der Waals surface area contributed by atoms with Crippen molar-refractivity contribution in [2.24, 2.45) is 0 Å². The first kappa shape index (κ1) is 14.9. The minimum atomic E-state index is -0.206. The lowest BCUT2D eigenvalue weighted by Gasteiger charge is -2.12. The number of carbonyl (C=O) groups excluding carboxylic acids is 1. The number of aromatic nitrogens is 1. The molecule has 1 N–H and O–H groups in total. The fraction of sp³-hybridized carbons (Fsp3) is 0.294. The molecule has 0 unspecified atom stereocenters. The van der Waals surface area contributed by atoms with E-state index in [1.807, 2.05) is 0 Å². The molecule has 1 aliphatic rings. The Morgan fingerprint density at radius 2 is 1.86 bits per heavy atom. The van der Waals surface area contributed by atoms with Crippen LogP contribution in [0.1, 0.15) is 36.0 Å². The average molecular weight is 317 g/mol. The maximum absolute atomic E-state index is 12.1. The number of rotatable bonds is 4. The number of nitrogens with one attached hydrogen (secondary N) is 1. The zero-order valence-electron chi connectivity index (χ0n) is 12.1. The van der Waals surface area contributed by atoms with Crippen molar-refractivity contribution in [1.82, 2.24) is 4.98 Å². The lowest BCUT2D eigenvalue weighted by Crippen LogP contribution is -2.14. The summed E-state index contributed by atoms with van der Waals surface area (Å²) in [4.78, 5) is 16.3. The second kappa shape index (κ2) is 6.79. The average Bonchev–Trinajstić information content (AvgIpc) is 3.03. The summed E-state index contributed by atoms with van der Waals surface area (Å²) in [6.07, 6.45) is 6.40. The third-order valence-corrected chi connectivity index (χ3v) is 3.94. The minimum Gasteiger partial charge on any atom is -0.474 e. The summed E-state index contributed by atoms with van der Waals surface area (Å²) >= 11 is 5.82. The summed E-state index contributed by atoms with van der Waals surface area (Å²) in [5.41, 5.74) is 1.19. The molecule has 1 saturated carbocycles. The lowest BCUT2D eigenvalue weighted by atomic mass is 10.2. The topological polar surface area (TPSA) is 51.2 Å². The maximum Gasteiger partial charge on any atom is 0.257 e. The highest BCUT2D eigenvalue weighted by atomic mass is 35.5. The Morgan fingerprint density at radius 3 is 2.50 bits per heavy atom. The van der Waals surface area contributed by atoms with Crippen molar-refractivity contribution in [3.63, 3.8) is 0 Å². The van der Waals surface area contributed by atoms with Gasteiger partial charge >= 0.3 is 0 Å². The van der Waals surface area contributed by atoms with Crippen LogP contribution in [-0.2, 0) is 0 Å². The van der Waals surface area contributed by atoms with Gasteiger partial charge in [0.15, 0.2) is 0 Å². The summed E-state index contributed by atoms with van der Waals surface area (Å²) < 4.78 is 5.78. The van der Waals surface area contributed by atoms with E-state index in [-0.39, 0.29) is 12.0 Å². The van der Waals surface area contributed by atoms with Gasteiger partial charge in [0.05, 0.1) is 5.56 Å². The van der Waals surface area contributed by atoms with E-state index in [0.29, 0.717) is 22.2 Å². The SMILES string of the molecule is O=C(Nc1ccc(Cl)cc1)c1ccc(OC2CCCC2)nc1. The van der Waals surface area contributed by atoms with Crippen LogP contribution in [0.15, 0.2) is 42.6 Å². The highest BCUT2D eigenvalue weighted by Gasteiger charge is 2.17. The van der Waals surface area contributed by atoms with Crippen LogP contribution in [0.25, 0.3) is 0 Å². The molecular formula is C17H17ClN2O2. The molecular weight excluding hydrogens is 300 g/mol. The summed E-state index contributed by atoms with van der Waals surface area (Å²) in [5, 5.41) is 3.43. The van der Waals surface area contributed by atoms with Crippen molar-refractivity contribution in [3.8, 4) is 5.88 Å². The van der Waals surface area contributed by atoms with Crippen molar-refractivity contribution in [3.05, 3.63) is 53.2 Å². The number of ether oxygens (including phenoxy) is 1. The van der Waals surface area contributed by atoms with Crippen LogP contribution in [-0.4, -0.2) is 17.0 Å². The monoisotopic (exact) mass is 316 g/mol. The van der Waals surface area contributed by atoms with E-state index in [1.165, 1.54) is 19.0 Å². The van der Waals surface area contributed by atoms with Gasteiger partial charge in [-0.05, 0) is 56.0 Å². The van der Waals surface area contributed by atoms with Crippen LogP contribution in [0, 0.1) is 0 Å². The van der Waals surface area contributed by atoms with E-state index in [1.54, 1.807) is 36.4 Å². The van der Waals surface area contributed by atoms with Gasteiger partial charge in [-0.15, -0.1) is 0 Å². The standard InChI is InChI=1S/C17H17ClN2O2/c18-13-6-8-14(9-7-13)20-17(21)12-5-10-16(19-11-12)22-15-3-1-2-4-15/h5-11,15H,1-4H2,(H,20,21). The third-order valence-electron chi connectivity index (χ3n) is 3.69.